The standard InChI is InChI=1S/C87H144O17P2/c1-5-9-13-17-21-25-29-33-37-40-44-47-51-55-59-63-67-71-84(89)97-77-82(103-86(91)73-69-65-61-57-53-49-43-36-32-28-24-20-16-12-8-4)79-101-105(93,94)99-75-81(88)76-100-106(95,96)102-80-83(104-87(92)74-70-66-62-58-54-50-46-42-39-35-31-27-23-19-15-11-7-3)78-98-85(90)72-68-64-60-56-52-48-45-41-38-34-30-26-22-18-14-10-6-2/h9-11,13-15,21-23,25-27,33-35,37-39,44-48,50,55,59,81-83,88H,5-8,12,16-20,24,28-32,36,40-43,49,51-54,56-58,60-80H2,1-4H3,(H,93,94)(H,95,96)/b13-9-,14-10-,15-11-,25-21-,26-22-,27-23-,37-33-,38-34-,39-35-,47-44-,48-45-,50-46-,59-55-. The molecule has 0 bridgehead atoms. The molecule has 106 heavy (non-hydrogen) atoms. The number of allylic oxidation sites excluding steroid dienone is 26. The van der Waals surface area contributed by atoms with Crippen molar-refractivity contribution in [2.24, 2.45) is 0 Å². The minimum Gasteiger partial charge on any atom is -0.462 e. The van der Waals surface area contributed by atoms with Gasteiger partial charge in [-0.3, -0.25) is 37.3 Å². The second-order valence-electron chi connectivity index (χ2n) is 26.6. The van der Waals surface area contributed by atoms with Crippen LogP contribution in [-0.2, 0) is 65.4 Å². The van der Waals surface area contributed by atoms with Crippen molar-refractivity contribution in [3.63, 3.8) is 0 Å². The summed E-state index contributed by atoms with van der Waals surface area (Å²) in [5.74, 6) is -2.30. The molecule has 0 amide bonds. The van der Waals surface area contributed by atoms with E-state index in [9.17, 15) is 43.2 Å². The van der Waals surface area contributed by atoms with Crippen molar-refractivity contribution in [2.75, 3.05) is 39.6 Å². The van der Waals surface area contributed by atoms with Gasteiger partial charge in [-0.05, 0) is 141 Å². The predicted octanol–water partition coefficient (Wildman–Crippen LogP) is 24.0. The Bertz CT molecular complexity index is 2630. The van der Waals surface area contributed by atoms with Gasteiger partial charge in [0.1, 0.15) is 19.3 Å². The van der Waals surface area contributed by atoms with Crippen LogP contribution in [0.3, 0.4) is 0 Å². The molecule has 0 rings (SSSR count). The molecule has 0 aromatic carbocycles. The van der Waals surface area contributed by atoms with E-state index >= 15 is 0 Å². The van der Waals surface area contributed by atoms with Crippen LogP contribution in [0.5, 0.6) is 0 Å². The third-order valence-electron chi connectivity index (χ3n) is 16.5. The highest BCUT2D eigenvalue weighted by atomic mass is 31.2. The fourth-order valence-corrected chi connectivity index (χ4v) is 12.0. The number of phosphoric ester groups is 2. The molecule has 0 heterocycles. The third kappa shape index (κ3) is 76.9. The molecular formula is C87H144O17P2. The second kappa shape index (κ2) is 77.8. The van der Waals surface area contributed by atoms with Crippen LogP contribution in [0.1, 0.15) is 310 Å². The number of aliphatic hydroxyl groups excluding tert-OH is 1. The van der Waals surface area contributed by atoms with Crippen molar-refractivity contribution in [2.45, 2.75) is 329 Å². The van der Waals surface area contributed by atoms with Crippen LogP contribution in [0.25, 0.3) is 0 Å². The first-order valence-electron chi connectivity index (χ1n) is 40.7. The summed E-state index contributed by atoms with van der Waals surface area (Å²) in [6.45, 7) is 4.43. The fourth-order valence-electron chi connectivity index (χ4n) is 10.4. The van der Waals surface area contributed by atoms with E-state index in [1.807, 2.05) is 12.2 Å². The second-order valence-corrected chi connectivity index (χ2v) is 29.5. The third-order valence-corrected chi connectivity index (χ3v) is 18.4. The van der Waals surface area contributed by atoms with Gasteiger partial charge in [-0.25, -0.2) is 9.13 Å². The van der Waals surface area contributed by atoms with Gasteiger partial charge in [0.15, 0.2) is 12.2 Å². The summed E-state index contributed by atoms with van der Waals surface area (Å²) in [4.78, 5) is 73.1. The smallest absolute Gasteiger partial charge is 0.462 e. The van der Waals surface area contributed by atoms with Crippen molar-refractivity contribution in [1.82, 2.24) is 0 Å². The van der Waals surface area contributed by atoms with Crippen LogP contribution in [-0.4, -0.2) is 96.7 Å². The van der Waals surface area contributed by atoms with Crippen LogP contribution in [0.15, 0.2) is 158 Å². The maximum absolute atomic E-state index is 13.1. The quantitative estimate of drug-likeness (QED) is 0.0169. The summed E-state index contributed by atoms with van der Waals surface area (Å²) in [7, 11) is -10.00. The SMILES string of the molecule is CC/C=C\C/C=C\C/C=C\C/C=C\C/C=C\CCCC(=O)OCC(COP(=O)(O)OCC(O)COP(=O)(O)OCC(COC(=O)CCCCCC/C=C\C/C=C\C/C=C\C/C=C\CC)OC(=O)CCCCCC/C=C\C/C=C\C/C=C\C/C=C\CC)OC(=O)CCCCCCCCCCCCCCCCC. The van der Waals surface area contributed by atoms with Crippen LogP contribution in [0, 0.1) is 0 Å². The van der Waals surface area contributed by atoms with Crippen LogP contribution in [0.4, 0.5) is 0 Å². The van der Waals surface area contributed by atoms with Gasteiger partial charge in [-0.1, -0.05) is 301 Å². The Balaban J connectivity index is 5.47. The highest BCUT2D eigenvalue weighted by molar-refractivity contribution is 7.47. The van der Waals surface area contributed by atoms with Gasteiger partial charge >= 0.3 is 39.5 Å². The molecule has 5 unspecified atom stereocenters. The number of rotatable bonds is 75. The number of unbranched alkanes of at least 4 members (excludes halogenated alkanes) is 23. The summed E-state index contributed by atoms with van der Waals surface area (Å²) in [6, 6.07) is 0. The van der Waals surface area contributed by atoms with Gasteiger partial charge < -0.3 is 33.8 Å². The zero-order chi connectivity index (χ0) is 77.4. The number of aliphatic hydroxyl groups is 1. The molecular weight excluding hydrogens is 1380 g/mol. The Hall–Kier alpha value is -5.32. The van der Waals surface area contributed by atoms with E-state index in [1.165, 1.54) is 64.2 Å². The van der Waals surface area contributed by atoms with Gasteiger partial charge in [0.25, 0.3) is 0 Å². The molecule has 3 N–H and O–H groups in total. The van der Waals surface area contributed by atoms with Crippen molar-refractivity contribution in [3.05, 3.63) is 158 Å². The largest absolute Gasteiger partial charge is 0.472 e. The summed E-state index contributed by atoms with van der Waals surface area (Å²) >= 11 is 0. The molecule has 0 aliphatic rings. The number of carbonyl (C=O) groups is 4. The molecule has 0 fully saturated rings. The molecule has 604 valence electrons. The highest BCUT2D eigenvalue weighted by Gasteiger charge is 2.30. The number of carbonyl (C=O) groups excluding carboxylic acids is 4. The van der Waals surface area contributed by atoms with Gasteiger partial charge in [0.05, 0.1) is 26.4 Å². The van der Waals surface area contributed by atoms with Crippen LogP contribution in [0.2, 0.25) is 0 Å². The lowest BCUT2D eigenvalue weighted by atomic mass is 10.0. The van der Waals surface area contributed by atoms with E-state index in [1.54, 1.807) is 0 Å². The number of hydrogen-bond donors (Lipinski definition) is 3. The monoisotopic (exact) mass is 1520 g/mol. The Kier molecular flexibility index (Phi) is 73.9. The topological polar surface area (TPSA) is 237 Å². The number of ether oxygens (including phenoxy) is 4. The molecule has 19 heteroatoms. The van der Waals surface area contributed by atoms with Crippen molar-refractivity contribution in [3.8, 4) is 0 Å². The Morgan fingerprint density at radius 2 is 0.500 bits per heavy atom. The van der Waals surface area contributed by atoms with E-state index < -0.39 is 97.5 Å². The van der Waals surface area contributed by atoms with Gasteiger partial charge in [0.2, 0.25) is 0 Å². The van der Waals surface area contributed by atoms with Gasteiger partial charge in [-0.15, -0.1) is 0 Å². The van der Waals surface area contributed by atoms with Crippen LogP contribution >= 0.6 is 15.6 Å². The van der Waals surface area contributed by atoms with Crippen molar-refractivity contribution in [1.29, 1.82) is 0 Å². The van der Waals surface area contributed by atoms with Gasteiger partial charge in [-0.2, -0.15) is 0 Å². The van der Waals surface area contributed by atoms with E-state index in [0.29, 0.717) is 32.1 Å². The molecule has 0 aliphatic heterocycles. The predicted molar refractivity (Wildman–Crippen MR) is 436 cm³/mol. The molecule has 0 saturated heterocycles. The van der Waals surface area contributed by atoms with E-state index in [-0.39, 0.29) is 25.7 Å². The normalized spacial score (nSPS) is 14.7. The molecule has 0 aliphatic carbocycles. The van der Waals surface area contributed by atoms with Gasteiger partial charge in [0, 0.05) is 25.7 Å². The summed E-state index contributed by atoms with van der Waals surface area (Å²) in [5.41, 5.74) is 0. The van der Waals surface area contributed by atoms with Crippen molar-refractivity contribution < 1.29 is 80.2 Å². The lowest BCUT2D eigenvalue weighted by Gasteiger charge is -2.21. The van der Waals surface area contributed by atoms with E-state index in [4.69, 9.17) is 37.0 Å². The lowest BCUT2D eigenvalue weighted by Crippen LogP contribution is -2.30. The minimum absolute atomic E-state index is 0.0551. The lowest BCUT2D eigenvalue weighted by molar-refractivity contribution is -0.161. The average molecular weight is 1520 g/mol. The molecule has 0 radical (unpaired) electrons. The Morgan fingerprint density at radius 3 is 0.792 bits per heavy atom. The number of phosphoric acid groups is 2. The summed E-state index contributed by atoms with van der Waals surface area (Å²) < 4.78 is 68.6. The summed E-state index contributed by atoms with van der Waals surface area (Å²) in [5, 5.41) is 10.7. The zero-order valence-electron chi connectivity index (χ0n) is 66.1. The molecule has 0 aromatic heterocycles. The maximum atomic E-state index is 13.1. The molecule has 5 atom stereocenters. The highest BCUT2D eigenvalue weighted by Crippen LogP contribution is 2.45. The molecule has 17 nitrogen and oxygen atoms in total. The zero-order valence-corrected chi connectivity index (χ0v) is 67.8. The number of hydrogen-bond acceptors (Lipinski definition) is 15. The minimum atomic E-state index is -5.00. The van der Waals surface area contributed by atoms with Crippen molar-refractivity contribution >= 4 is 39.5 Å². The van der Waals surface area contributed by atoms with E-state index in [0.717, 1.165) is 161 Å². The van der Waals surface area contributed by atoms with E-state index in [2.05, 4.69) is 174 Å². The fraction of sp³-hybridized carbons (Fsp3) is 0.655. The first-order chi connectivity index (χ1) is 51.7. The maximum Gasteiger partial charge on any atom is 0.472 e. The Morgan fingerprint density at radius 1 is 0.274 bits per heavy atom. The molecule has 0 saturated carbocycles. The number of esters is 4. The molecule has 0 aromatic rings. The first-order valence-corrected chi connectivity index (χ1v) is 43.7. The first kappa shape index (κ1) is 101. The van der Waals surface area contributed by atoms with Crippen LogP contribution < -0.4 is 0 Å². The summed E-state index contributed by atoms with van der Waals surface area (Å²) in [6.07, 6.45) is 90.8. The average Bonchev–Trinajstić information content (AvgIpc) is 0.901. The Labute approximate surface area is 642 Å². The molecule has 0 spiro atoms.